The van der Waals surface area contributed by atoms with Gasteiger partial charge in [-0.1, -0.05) is 145 Å². The van der Waals surface area contributed by atoms with E-state index in [1.54, 1.807) is 0 Å². The molecule has 0 aromatic heterocycles. The van der Waals surface area contributed by atoms with Crippen molar-refractivity contribution in [3.63, 3.8) is 0 Å². The van der Waals surface area contributed by atoms with Crippen LogP contribution in [0.15, 0.2) is 133 Å². The second-order valence-corrected chi connectivity index (χ2v) is 22.6. The molecule has 16 nitrogen and oxygen atoms in total. The molecule has 0 saturated carbocycles. The van der Waals surface area contributed by atoms with E-state index in [1.807, 2.05) is 133 Å². The van der Waals surface area contributed by atoms with E-state index in [1.165, 1.54) is 19.6 Å². The highest BCUT2D eigenvalue weighted by molar-refractivity contribution is 5.98. The van der Waals surface area contributed by atoms with E-state index in [0.717, 1.165) is 66.8 Å². The van der Waals surface area contributed by atoms with Gasteiger partial charge in [-0.15, -0.1) is 0 Å². The van der Waals surface area contributed by atoms with Crippen LogP contribution >= 0.6 is 0 Å². The fraction of sp³-hybridized carbons (Fsp3) is 0.303. The maximum Gasteiger partial charge on any atom is 0.417 e. The van der Waals surface area contributed by atoms with E-state index in [2.05, 4.69) is 11.8 Å². The number of hydrogen-bond donors (Lipinski definition) is 0. The average Bonchev–Trinajstić information content (AvgIpc) is 3.65. The SMILES string of the molecule is O=C1OC[C@@H](c2ccccc2)N1C(=O)[C@@H]1Cc2cc3c(c(C#Cc4c5c(cc6c4C[C@H](C(=O)N4C(=O)OC[C@H]4c4ccccc4)C6)C[C@@H](C(=O)N4C(=O)OC[C@H]4c4ccccc4)C5)c2C1)C[C@H](C(=O)N1C(=O)OC[C@H]1c1ccccc1)C3. The van der Waals surface area contributed by atoms with Crippen molar-refractivity contribution in [2.24, 2.45) is 23.7 Å². The Morgan fingerprint density at radius 2 is 0.549 bits per heavy atom. The van der Waals surface area contributed by atoms with Crippen molar-refractivity contribution in [2.45, 2.75) is 75.5 Å². The van der Waals surface area contributed by atoms with Crippen LogP contribution in [0.4, 0.5) is 19.2 Å². The monoisotopic (exact) mass is 1090 g/mol. The fourth-order valence-corrected chi connectivity index (χ4v) is 14.0. The van der Waals surface area contributed by atoms with E-state index >= 15 is 0 Å². The maximum atomic E-state index is 14.8. The third-order valence-corrected chi connectivity index (χ3v) is 18.0. The summed E-state index contributed by atoms with van der Waals surface area (Å²) in [5.74, 6) is 3.20. The highest BCUT2D eigenvalue weighted by atomic mass is 16.6. The first-order chi connectivity index (χ1) is 40.0. The average molecular weight is 1100 g/mol. The van der Waals surface area contributed by atoms with Crippen molar-refractivity contribution in [1.82, 2.24) is 19.6 Å². The molecule has 14 rings (SSSR count). The zero-order valence-electron chi connectivity index (χ0n) is 44.5. The van der Waals surface area contributed by atoms with Crippen molar-refractivity contribution in [3.05, 3.63) is 211 Å². The first-order valence-electron chi connectivity index (χ1n) is 28.0. The van der Waals surface area contributed by atoms with Crippen LogP contribution in [-0.2, 0) is 89.5 Å². The van der Waals surface area contributed by atoms with Gasteiger partial charge >= 0.3 is 24.4 Å². The number of amides is 8. The number of carbonyl (C=O) groups is 8. The predicted octanol–water partition coefficient (Wildman–Crippen LogP) is 8.83. The second-order valence-electron chi connectivity index (χ2n) is 22.6. The van der Waals surface area contributed by atoms with Gasteiger partial charge in [0.1, 0.15) is 50.6 Å². The Kier molecular flexibility index (Phi) is 12.6. The zero-order valence-corrected chi connectivity index (χ0v) is 44.5. The van der Waals surface area contributed by atoms with Gasteiger partial charge in [-0.2, -0.15) is 0 Å². The lowest BCUT2D eigenvalue weighted by Gasteiger charge is -2.23. The number of carbonyl (C=O) groups excluding carboxylic acids is 8. The number of rotatable bonds is 8. The summed E-state index contributed by atoms with van der Waals surface area (Å²) < 4.78 is 22.0. The highest BCUT2D eigenvalue weighted by Crippen LogP contribution is 2.45. The van der Waals surface area contributed by atoms with Crippen molar-refractivity contribution in [1.29, 1.82) is 0 Å². The maximum absolute atomic E-state index is 14.8. The van der Waals surface area contributed by atoms with Crippen LogP contribution in [0.25, 0.3) is 0 Å². The van der Waals surface area contributed by atoms with Crippen LogP contribution in [0.1, 0.15) is 102 Å². The normalized spacial score (nSPS) is 24.7. The summed E-state index contributed by atoms with van der Waals surface area (Å²) in [4.78, 5) is 118. The second kappa shape index (κ2) is 20.3. The molecular formula is C66H54N4O12. The van der Waals surface area contributed by atoms with Crippen molar-refractivity contribution < 1.29 is 57.3 Å². The number of hydrogen-bond acceptors (Lipinski definition) is 12. The van der Waals surface area contributed by atoms with E-state index < -0.39 is 72.2 Å². The molecule has 8 atom stereocenters. The molecule has 4 aliphatic heterocycles. The minimum absolute atomic E-state index is 0.0282. The van der Waals surface area contributed by atoms with Crippen LogP contribution in [0, 0.1) is 35.5 Å². The smallest absolute Gasteiger partial charge is 0.417 e. The zero-order chi connectivity index (χ0) is 55.9. The van der Waals surface area contributed by atoms with Crippen LogP contribution in [0.2, 0.25) is 0 Å². The molecule has 16 heteroatoms. The number of nitrogens with zero attached hydrogens (tertiary/aromatic N) is 4. The topological polar surface area (TPSA) is 186 Å². The molecular weight excluding hydrogens is 1040 g/mol. The summed E-state index contributed by atoms with van der Waals surface area (Å²) >= 11 is 0. The molecule has 0 unspecified atom stereocenters. The Labute approximate surface area is 471 Å². The molecule has 6 aromatic carbocycles. The van der Waals surface area contributed by atoms with Gasteiger partial charge in [0.2, 0.25) is 23.6 Å². The Bertz CT molecular complexity index is 3300. The van der Waals surface area contributed by atoms with Crippen molar-refractivity contribution in [3.8, 4) is 11.8 Å². The molecule has 8 aliphatic rings. The van der Waals surface area contributed by atoms with Crippen LogP contribution < -0.4 is 0 Å². The van der Waals surface area contributed by atoms with Crippen LogP contribution in [-0.4, -0.2) is 94.0 Å². The van der Waals surface area contributed by atoms with Gasteiger partial charge in [0.15, 0.2) is 0 Å². The van der Waals surface area contributed by atoms with Gasteiger partial charge in [-0.3, -0.25) is 19.2 Å². The largest absolute Gasteiger partial charge is 0.446 e. The summed E-state index contributed by atoms with van der Waals surface area (Å²) in [6.07, 6.45) is -0.676. The van der Waals surface area contributed by atoms with Gasteiger partial charge in [-0.25, -0.2) is 38.8 Å². The molecule has 8 amide bonds. The molecule has 0 radical (unpaired) electrons. The van der Waals surface area contributed by atoms with E-state index in [0.29, 0.717) is 36.8 Å². The Morgan fingerprint density at radius 3 is 0.768 bits per heavy atom. The number of fused-ring (bicyclic) bond motifs is 4. The molecule has 4 saturated heterocycles. The van der Waals surface area contributed by atoms with Crippen LogP contribution in [0.5, 0.6) is 0 Å². The van der Waals surface area contributed by atoms with E-state index in [4.69, 9.17) is 18.9 Å². The third kappa shape index (κ3) is 8.60. The summed E-state index contributed by atoms with van der Waals surface area (Å²) in [7, 11) is 0. The molecule has 4 aliphatic carbocycles. The summed E-state index contributed by atoms with van der Waals surface area (Å²) in [5, 5.41) is 0. The summed E-state index contributed by atoms with van der Waals surface area (Å²) in [6.45, 7) is 0.113. The molecule has 0 N–H and O–H groups in total. The van der Waals surface area contributed by atoms with Gasteiger partial charge in [0.25, 0.3) is 0 Å². The third-order valence-electron chi connectivity index (χ3n) is 18.0. The number of cyclic esters (lactones) is 4. The summed E-state index contributed by atoms with van der Waals surface area (Å²) in [5.41, 5.74) is 11.1. The molecule has 410 valence electrons. The molecule has 0 bridgehead atoms. The van der Waals surface area contributed by atoms with E-state index in [9.17, 15) is 38.4 Å². The number of benzene rings is 6. The van der Waals surface area contributed by atoms with Gasteiger partial charge in [-0.05, 0) is 118 Å². The van der Waals surface area contributed by atoms with Gasteiger partial charge in [0, 0.05) is 34.8 Å². The summed E-state index contributed by atoms with van der Waals surface area (Å²) in [6, 6.07) is 38.9. The lowest BCUT2D eigenvalue weighted by atomic mass is 9.91. The minimum Gasteiger partial charge on any atom is -0.446 e. The Morgan fingerprint density at radius 1 is 0.329 bits per heavy atom. The first kappa shape index (κ1) is 50.8. The van der Waals surface area contributed by atoms with Gasteiger partial charge < -0.3 is 18.9 Å². The molecule has 4 heterocycles. The highest BCUT2D eigenvalue weighted by Gasteiger charge is 2.49. The van der Waals surface area contributed by atoms with Crippen LogP contribution in [0.3, 0.4) is 0 Å². The quantitative estimate of drug-likeness (QED) is 0.104. The standard InChI is InChI=1S/C66H54N4O12/c71-59(67-55(33-79-63(67)75)37-13-5-1-6-14-37)45-25-41-23-42-26-46(60(72)68-56(34-80-64(68)76)38-15-7-2-8-16-38)30-52(42)49(51(41)29-45)21-22-50-53-31-47(61(73)69-57(35-81-65(69)77)39-17-9-3-10-18-39)27-43(53)24-44-28-48(32-54(44)50)62(74)70-58(36-82-66(70)78)40-19-11-4-12-20-40/h1-20,23-24,45-48,55-58H,25-36H2/t45-,46-,47-,48-,55+,56+,57+,58+/m1/s1. The fourth-order valence-electron chi connectivity index (χ4n) is 14.0. The number of ether oxygens (including phenoxy) is 4. The minimum atomic E-state index is -0.706. The molecule has 82 heavy (non-hydrogen) atoms. The number of imide groups is 4. The Balaban J connectivity index is 0.849. The van der Waals surface area contributed by atoms with Crippen molar-refractivity contribution >= 4 is 48.0 Å². The predicted molar refractivity (Wildman–Crippen MR) is 292 cm³/mol. The lowest BCUT2D eigenvalue weighted by molar-refractivity contribution is -0.134. The van der Waals surface area contributed by atoms with Gasteiger partial charge in [0.05, 0.1) is 0 Å². The molecule has 6 aromatic rings. The molecule has 4 fully saturated rings. The first-order valence-corrected chi connectivity index (χ1v) is 28.0. The lowest BCUT2D eigenvalue weighted by Crippen LogP contribution is -2.39. The Hall–Kier alpha value is -9.36. The van der Waals surface area contributed by atoms with Crippen molar-refractivity contribution in [2.75, 3.05) is 26.4 Å². The molecule has 0 spiro atoms. The van der Waals surface area contributed by atoms with E-state index in [-0.39, 0.29) is 75.7 Å².